The van der Waals surface area contributed by atoms with E-state index in [-0.39, 0.29) is 0 Å². The van der Waals surface area contributed by atoms with Crippen LogP contribution in [0.1, 0.15) is 9.75 Å². The van der Waals surface area contributed by atoms with Crippen molar-refractivity contribution in [3.05, 3.63) is 21.9 Å². The van der Waals surface area contributed by atoms with Crippen LogP contribution < -0.4 is 0 Å². The van der Waals surface area contributed by atoms with Crippen molar-refractivity contribution in [1.82, 2.24) is 0 Å². The Morgan fingerprint density at radius 1 is 1.69 bits per heavy atom. The molecule has 3 nitrogen and oxygen atoms in total. The van der Waals surface area contributed by atoms with Crippen LogP contribution in [0.4, 0.5) is 0 Å². The van der Waals surface area contributed by atoms with Crippen LogP contribution in [0.25, 0.3) is 0 Å². The first-order valence-electron chi connectivity index (χ1n) is 3.94. The largest absolute Gasteiger partial charge is 0.467 e. The van der Waals surface area contributed by atoms with Crippen LogP contribution in [0.5, 0.6) is 0 Å². The average Bonchev–Trinajstić information content (AvgIpc) is 2.49. The van der Waals surface area contributed by atoms with E-state index in [2.05, 4.69) is 4.74 Å². The lowest BCUT2D eigenvalue weighted by Crippen LogP contribution is -2.23. The van der Waals surface area contributed by atoms with Crippen molar-refractivity contribution in [2.75, 3.05) is 7.11 Å². The molecule has 0 aromatic carbocycles. The van der Waals surface area contributed by atoms with Crippen molar-refractivity contribution in [1.29, 1.82) is 0 Å². The van der Waals surface area contributed by atoms with E-state index in [9.17, 15) is 9.90 Å². The third-order valence-electron chi connectivity index (χ3n) is 1.66. The molecule has 0 spiro atoms. The van der Waals surface area contributed by atoms with Gasteiger partial charge in [0.2, 0.25) is 0 Å². The zero-order chi connectivity index (χ0) is 9.84. The molecule has 1 heterocycles. The van der Waals surface area contributed by atoms with E-state index in [0.29, 0.717) is 6.42 Å². The third-order valence-corrected chi connectivity index (χ3v) is 2.69. The van der Waals surface area contributed by atoms with Crippen LogP contribution >= 0.6 is 11.3 Å². The first kappa shape index (κ1) is 10.2. The molecule has 0 saturated carbocycles. The third kappa shape index (κ3) is 2.82. The van der Waals surface area contributed by atoms with E-state index in [1.165, 1.54) is 12.0 Å². The molecule has 1 unspecified atom stereocenters. The number of thiophene rings is 1. The molecule has 0 aliphatic heterocycles. The van der Waals surface area contributed by atoms with Gasteiger partial charge in [-0.2, -0.15) is 0 Å². The van der Waals surface area contributed by atoms with Crippen LogP contribution in [0.3, 0.4) is 0 Å². The van der Waals surface area contributed by atoms with Gasteiger partial charge in [0.1, 0.15) is 0 Å². The van der Waals surface area contributed by atoms with E-state index >= 15 is 0 Å². The number of carbonyl (C=O) groups excluding carboxylic acids is 1. The summed E-state index contributed by atoms with van der Waals surface area (Å²) in [6.07, 6.45) is -0.700. The molecule has 0 amide bonds. The van der Waals surface area contributed by atoms with Gasteiger partial charge in [-0.05, 0) is 19.1 Å². The first-order chi connectivity index (χ1) is 6.13. The number of rotatable bonds is 3. The van der Waals surface area contributed by atoms with E-state index in [1.807, 2.05) is 19.1 Å². The zero-order valence-corrected chi connectivity index (χ0v) is 8.43. The lowest BCUT2D eigenvalue weighted by molar-refractivity contribution is -0.150. The van der Waals surface area contributed by atoms with Crippen molar-refractivity contribution in [3.63, 3.8) is 0 Å². The van der Waals surface area contributed by atoms with E-state index < -0.39 is 12.1 Å². The van der Waals surface area contributed by atoms with Crippen molar-refractivity contribution >= 4 is 17.3 Å². The summed E-state index contributed by atoms with van der Waals surface area (Å²) in [4.78, 5) is 13.0. The summed E-state index contributed by atoms with van der Waals surface area (Å²) in [6, 6.07) is 3.87. The Labute approximate surface area is 81.0 Å². The van der Waals surface area contributed by atoms with Crippen molar-refractivity contribution < 1.29 is 14.6 Å². The number of hydrogen-bond donors (Lipinski definition) is 1. The highest BCUT2D eigenvalue weighted by atomic mass is 32.1. The second kappa shape index (κ2) is 4.39. The molecule has 0 bridgehead atoms. The van der Waals surface area contributed by atoms with E-state index in [4.69, 9.17) is 0 Å². The maximum absolute atomic E-state index is 10.9. The summed E-state index contributed by atoms with van der Waals surface area (Å²) in [6.45, 7) is 1.98. The SMILES string of the molecule is COC(=O)C(O)Cc1ccc(C)s1. The fourth-order valence-corrected chi connectivity index (χ4v) is 1.93. The maximum atomic E-state index is 10.9. The predicted octanol–water partition coefficient (Wildman–Crippen LogP) is 1.13. The normalized spacial score (nSPS) is 12.5. The first-order valence-corrected chi connectivity index (χ1v) is 4.76. The van der Waals surface area contributed by atoms with Gasteiger partial charge in [0.25, 0.3) is 0 Å². The highest BCUT2D eigenvalue weighted by Crippen LogP contribution is 2.16. The number of hydrogen-bond acceptors (Lipinski definition) is 4. The molecule has 1 N–H and O–H groups in total. The monoisotopic (exact) mass is 200 g/mol. The lowest BCUT2D eigenvalue weighted by Gasteiger charge is -2.05. The van der Waals surface area contributed by atoms with Gasteiger partial charge in [-0.25, -0.2) is 4.79 Å². The van der Waals surface area contributed by atoms with Gasteiger partial charge < -0.3 is 9.84 Å². The van der Waals surface area contributed by atoms with Gasteiger partial charge in [-0.1, -0.05) is 0 Å². The summed E-state index contributed by atoms with van der Waals surface area (Å²) in [5.74, 6) is -0.578. The van der Waals surface area contributed by atoms with E-state index in [0.717, 1.165) is 4.88 Å². The Balaban J connectivity index is 2.54. The summed E-state index contributed by atoms with van der Waals surface area (Å²) >= 11 is 1.58. The van der Waals surface area contributed by atoms with Crippen LogP contribution in [-0.4, -0.2) is 24.3 Å². The molecule has 1 atom stereocenters. The fourth-order valence-electron chi connectivity index (χ4n) is 1.00. The Morgan fingerprint density at radius 2 is 2.38 bits per heavy atom. The number of aliphatic hydroxyl groups is 1. The second-order valence-electron chi connectivity index (χ2n) is 2.76. The summed E-state index contributed by atoms with van der Waals surface area (Å²) < 4.78 is 4.41. The Bertz CT molecular complexity index is 293. The van der Waals surface area contributed by atoms with Gasteiger partial charge in [0.05, 0.1) is 7.11 Å². The Kier molecular flexibility index (Phi) is 3.45. The number of aryl methyl sites for hydroxylation is 1. The second-order valence-corrected chi connectivity index (χ2v) is 4.13. The molecule has 0 aliphatic carbocycles. The van der Waals surface area contributed by atoms with Crippen LogP contribution in [-0.2, 0) is 16.0 Å². The minimum atomic E-state index is -1.04. The molecule has 0 saturated heterocycles. The highest BCUT2D eigenvalue weighted by molar-refractivity contribution is 7.11. The summed E-state index contributed by atoms with van der Waals surface area (Å²) in [5, 5.41) is 9.31. The van der Waals surface area contributed by atoms with Gasteiger partial charge in [0.15, 0.2) is 6.10 Å². The van der Waals surface area contributed by atoms with E-state index in [1.54, 1.807) is 11.3 Å². The van der Waals surface area contributed by atoms with Gasteiger partial charge >= 0.3 is 5.97 Å². The molecule has 0 fully saturated rings. The molecular formula is C9H12O3S. The topological polar surface area (TPSA) is 46.5 Å². The molecular weight excluding hydrogens is 188 g/mol. The molecule has 72 valence electrons. The lowest BCUT2D eigenvalue weighted by atomic mass is 10.2. The van der Waals surface area contributed by atoms with Crippen molar-refractivity contribution in [2.45, 2.75) is 19.4 Å². The number of methoxy groups -OCH3 is 1. The quantitative estimate of drug-likeness (QED) is 0.744. The minimum Gasteiger partial charge on any atom is -0.467 e. The Morgan fingerprint density at radius 3 is 2.85 bits per heavy atom. The predicted molar refractivity (Wildman–Crippen MR) is 50.8 cm³/mol. The number of esters is 1. The number of ether oxygens (including phenoxy) is 1. The van der Waals surface area contributed by atoms with Crippen LogP contribution in [0.2, 0.25) is 0 Å². The van der Waals surface area contributed by atoms with Crippen molar-refractivity contribution in [3.8, 4) is 0 Å². The maximum Gasteiger partial charge on any atom is 0.335 e. The van der Waals surface area contributed by atoms with Crippen molar-refractivity contribution in [2.24, 2.45) is 0 Å². The summed E-state index contributed by atoms with van der Waals surface area (Å²) in [5.41, 5.74) is 0. The standard InChI is InChI=1S/C9H12O3S/c1-6-3-4-7(13-6)5-8(10)9(11)12-2/h3-4,8,10H,5H2,1-2H3. The summed E-state index contributed by atoms with van der Waals surface area (Å²) in [7, 11) is 1.27. The van der Waals surface area contributed by atoms with Gasteiger partial charge in [0, 0.05) is 16.2 Å². The molecule has 4 heteroatoms. The molecule has 1 aromatic rings. The van der Waals surface area contributed by atoms with Crippen LogP contribution in [0.15, 0.2) is 12.1 Å². The molecule has 0 radical (unpaired) electrons. The van der Waals surface area contributed by atoms with Crippen LogP contribution in [0, 0.1) is 6.92 Å². The van der Waals surface area contributed by atoms with Gasteiger partial charge in [-0.15, -0.1) is 11.3 Å². The number of carbonyl (C=O) groups is 1. The molecule has 0 aliphatic rings. The van der Waals surface area contributed by atoms with Gasteiger partial charge in [-0.3, -0.25) is 0 Å². The fraction of sp³-hybridized carbons (Fsp3) is 0.444. The molecule has 13 heavy (non-hydrogen) atoms. The highest BCUT2D eigenvalue weighted by Gasteiger charge is 2.16. The minimum absolute atomic E-state index is 0.338. The zero-order valence-electron chi connectivity index (χ0n) is 7.61. The Hall–Kier alpha value is -0.870. The molecule has 1 rings (SSSR count). The average molecular weight is 200 g/mol. The number of aliphatic hydroxyl groups excluding tert-OH is 1. The smallest absolute Gasteiger partial charge is 0.335 e. The molecule has 1 aromatic heterocycles.